The van der Waals surface area contributed by atoms with E-state index in [9.17, 15) is 4.79 Å². The first-order valence-corrected chi connectivity index (χ1v) is 6.81. The quantitative estimate of drug-likeness (QED) is 0.903. The van der Waals surface area contributed by atoms with Crippen molar-refractivity contribution in [2.45, 2.75) is 32.8 Å². The van der Waals surface area contributed by atoms with E-state index in [0.29, 0.717) is 12.4 Å². The number of carbonyl (C=O) groups is 1. The SMILES string of the molecule is CCCNC(=O)N1CCC(Oc2ccc(C)cn2)C1. The molecule has 1 aliphatic heterocycles. The lowest BCUT2D eigenvalue weighted by atomic mass is 10.3. The molecule has 1 aromatic rings. The number of amides is 2. The Hall–Kier alpha value is -1.78. The van der Waals surface area contributed by atoms with Crippen molar-refractivity contribution >= 4 is 6.03 Å². The van der Waals surface area contributed by atoms with E-state index in [4.69, 9.17) is 4.74 Å². The fourth-order valence-electron chi connectivity index (χ4n) is 2.05. The third-order valence-electron chi connectivity index (χ3n) is 3.13. The Balaban J connectivity index is 1.81. The number of rotatable bonds is 4. The van der Waals surface area contributed by atoms with Gasteiger partial charge >= 0.3 is 6.03 Å². The van der Waals surface area contributed by atoms with Gasteiger partial charge in [-0.1, -0.05) is 13.0 Å². The summed E-state index contributed by atoms with van der Waals surface area (Å²) in [7, 11) is 0. The maximum Gasteiger partial charge on any atom is 0.317 e. The smallest absolute Gasteiger partial charge is 0.317 e. The van der Waals surface area contributed by atoms with Crippen LogP contribution in [-0.4, -0.2) is 41.7 Å². The summed E-state index contributed by atoms with van der Waals surface area (Å²) >= 11 is 0. The normalized spacial score (nSPS) is 18.4. The van der Waals surface area contributed by atoms with Crippen LogP contribution < -0.4 is 10.1 Å². The summed E-state index contributed by atoms with van der Waals surface area (Å²) in [5.74, 6) is 0.631. The van der Waals surface area contributed by atoms with Gasteiger partial charge in [0.2, 0.25) is 5.88 Å². The average Bonchev–Trinajstić information content (AvgIpc) is 2.87. The maximum absolute atomic E-state index is 11.8. The Morgan fingerprint density at radius 1 is 1.58 bits per heavy atom. The van der Waals surface area contributed by atoms with Crippen LogP contribution in [0, 0.1) is 6.92 Å². The molecular weight excluding hydrogens is 242 g/mol. The third kappa shape index (κ3) is 3.84. The van der Waals surface area contributed by atoms with Crippen molar-refractivity contribution in [3.8, 4) is 5.88 Å². The Bertz CT molecular complexity index is 419. The molecule has 0 saturated carbocycles. The number of ether oxygens (including phenoxy) is 1. The first-order chi connectivity index (χ1) is 9.19. The lowest BCUT2D eigenvalue weighted by Crippen LogP contribution is -2.39. The minimum atomic E-state index is 0.00446. The number of hydrogen-bond acceptors (Lipinski definition) is 3. The van der Waals surface area contributed by atoms with E-state index in [1.165, 1.54) is 0 Å². The Morgan fingerprint density at radius 3 is 3.11 bits per heavy atom. The van der Waals surface area contributed by atoms with Crippen LogP contribution >= 0.6 is 0 Å². The first kappa shape index (κ1) is 13.6. The van der Waals surface area contributed by atoms with Crippen molar-refractivity contribution in [1.29, 1.82) is 0 Å². The van der Waals surface area contributed by atoms with E-state index >= 15 is 0 Å². The van der Waals surface area contributed by atoms with Crippen LogP contribution in [0.3, 0.4) is 0 Å². The molecule has 19 heavy (non-hydrogen) atoms. The number of aryl methyl sites for hydroxylation is 1. The Kier molecular flexibility index (Phi) is 4.60. The molecule has 1 aliphatic rings. The van der Waals surface area contributed by atoms with E-state index in [0.717, 1.165) is 31.5 Å². The van der Waals surface area contributed by atoms with Crippen molar-refractivity contribution < 1.29 is 9.53 Å². The van der Waals surface area contributed by atoms with Gasteiger partial charge in [0.25, 0.3) is 0 Å². The number of hydrogen-bond donors (Lipinski definition) is 1. The van der Waals surface area contributed by atoms with E-state index in [1.807, 2.05) is 26.0 Å². The van der Waals surface area contributed by atoms with E-state index in [1.54, 1.807) is 11.1 Å². The Labute approximate surface area is 114 Å². The molecule has 5 nitrogen and oxygen atoms in total. The largest absolute Gasteiger partial charge is 0.472 e. The molecule has 2 rings (SSSR count). The predicted molar refractivity (Wildman–Crippen MR) is 73.3 cm³/mol. The molecule has 1 N–H and O–H groups in total. The highest BCUT2D eigenvalue weighted by Crippen LogP contribution is 2.16. The first-order valence-electron chi connectivity index (χ1n) is 6.81. The zero-order chi connectivity index (χ0) is 13.7. The number of nitrogens with zero attached hydrogens (tertiary/aromatic N) is 2. The summed E-state index contributed by atoms with van der Waals surface area (Å²) < 4.78 is 5.78. The van der Waals surface area contributed by atoms with Crippen LogP contribution in [0.15, 0.2) is 18.3 Å². The molecule has 0 spiro atoms. The lowest BCUT2D eigenvalue weighted by molar-refractivity contribution is 0.183. The number of likely N-dealkylation sites (tertiary alicyclic amines) is 1. The molecule has 0 aliphatic carbocycles. The number of aromatic nitrogens is 1. The second-order valence-corrected chi connectivity index (χ2v) is 4.88. The number of carbonyl (C=O) groups excluding carboxylic acids is 1. The summed E-state index contributed by atoms with van der Waals surface area (Å²) in [4.78, 5) is 17.8. The topological polar surface area (TPSA) is 54.5 Å². The van der Waals surface area contributed by atoms with E-state index in [-0.39, 0.29) is 12.1 Å². The van der Waals surface area contributed by atoms with Gasteiger partial charge in [0.1, 0.15) is 6.10 Å². The molecular formula is C14H21N3O2. The van der Waals surface area contributed by atoms with Crippen molar-refractivity contribution in [2.24, 2.45) is 0 Å². The molecule has 5 heteroatoms. The lowest BCUT2D eigenvalue weighted by Gasteiger charge is -2.17. The van der Waals surface area contributed by atoms with Crippen LogP contribution in [0.4, 0.5) is 4.79 Å². The second kappa shape index (κ2) is 6.41. The third-order valence-corrected chi connectivity index (χ3v) is 3.13. The number of pyridine rings is 1. The minimum absolute atomic E-state index is 0.00446. The zero-order valence-electron chi connectivity index (χ0n) is 11.6. The number of urea groups is 1. The fraction of sp³-hybridized carbons (Fsp3) is 0.571. The summed E-state index contributed by atoms with van der Waals surface area (Å²) in [6.45, 7) is 6.13. The maximum atomic E-state index is 11.8. The van der Waals surface area contributed by atoms with Gasteiger partial charge in [0.15, 0.2) is 0 Å². The summed E-state index contributed by atoms with van der Waals surface area (Å²) in [5.41, 5.74) is 1.11. The second-order valence-electron chi connectivity index (χ2n) is 4.88. The molecule has 104 valence electrons. The van der Waals surface area contributed by atoms with Gasteiger partial charge in [0, 0.05) is 31.8 Å². The molecule has 1 atom stereocenters. The van der Waals surface area contributed by atoms with Gasteiger partial charge in [-0.3, -0.25) is 0 Å². The molecule has 1 saturated heterocycles. The molecule has 1 unspecified atom stereocenters. The molecule has 0 radical (unpaired) electrons. The summed E-state index contributed by atoms with van der Waals surface area (Å²) in [6.07, 6.45) is 3.64. The van der Waals surface area contributed by atoms with Crippen molar-refractivity contribution in [3.05, 3.63) is 23.9 Å². The van der Waals surface area contributed by atoms with Crippen LogP contribution in [0.5, 0.6) is 5.88 Å². The molecule has 2 heterocycles. The molecule has 0 aromatic carbocycles. The molecule has 0 bridgehead atoms. The highest BCUT2D eigenvalue weighted by molar-refractivity contribution is 5.74. The molecule has 2 amide bonds. The Morgan fingerprint density at radius 2 is 2.42 bits per heavy atom. The molecule has 1 aromatic heterocycles. The van der Waals surface area contributed by atoms with Crippen LogP contribution in [-0.2, 0) is 0 Å². The standard InChI is InChI=1S/C14H21N3O2/c1-3-7-15-14(18)17-8-6-12(10-17)19-13-5-4-11(2)9-16-13/h4-5,9,12H,3,6-8,10H2,1-2H3,(H,15,18). The van der Waals surface area contributed by atoms with Crippen molar-refractivity contribution in [1.82, 2.24) is 15.2 Å². The highest BCUT2D eigenvalue weighted by Gasteiger charge is 2.27. The van der Waals surface area contributed by atoms with Gasteiger partial charge in [-0.15, -0.1) is 0 Å². The fourth-order valence-corrected chi connectivity index (χ4v) is 2.05. The monoisotopic (exact) mass is 263 g/mol. The van der Waals surface area contributed by atoms with Crippen molar-refractivity contribution in [2.75, 3.05) is 19.6 Å². The van der Waals surface area contributed by atoms with E-state index < -0.39 is 0 Å². The predicted octanol–water partition coefficient (Wildman–Crippen LogP) is 1.96. The summed E-state index contributed by atoms with van der Waals surface area (Å²) in [6, 6.07) is 3.85. The van der Waals surface area contributed by atoms with Crippen LogP contribution in [0.1, 0.15) is 25.3 Å². The van der Waals surface area contributed by atoms with Gasteiger partial charge in [-0.05, 0) is 18.9 Å². The summed E-state index contributed by atoms with van der Waals surface area (Å²) in [5, 5.41) is 2.88. The van der Waals surface area contributed by atoms with Gasteiger partial charge in [-0.25, -0.2) is 9.78 Å². The molecule has 1 fully saturated rings. The number of nitrogens with one attached hydrogen (secondary N) is 1. The van der Waals surface area contributed by atoms with Crippen molar-refractivity contribution in [3.63, 3.8) is 0 Å². The zero-order valence-corrected chi connectivity index (χ0v) is 11.6. The highest BCUT2D eigenvalue weighted by atomic mass is 16.5. The van der Waals surface area contributed by atoms with Gasteiger partial charge < -0.3 is 15.0 Å². The van der Waals surface area contributed by atoms with E-state index in [2.05, 4.69) is 10.3 Å². The van der Waals surface area contributed by atoms with Gasteiger partial charge in [0.05, 0.1) is 6.54 Å². The average molecular weight is 263 g/mol. The van der Waals surface area contributed by atoms with Crippen LogP contribution in [0.2, 0.25) is 0 Å². The minimum Gasteiger partial charge on any atom is -0.472 e. The van der Waals surface area contributed by atoms with Gasteiger partial charge in [-0.2, -0.15) is 0 Å². The van der Waals surface area contributed by atoms with Crippen LogP contribution in [0.25, 0.3) is 0 Å².